The van der Waals surface area contributed by atoms with Crippen molar-refractivity contribution in [2.45, 2.75) is 19.3 Å². The molecule has 1 aliphatic carbocycles. The number of hydrogen-bond donors (Lipinski definition) is 0. The molecular formula is C41H29NSe. The fourth-order valence-electron chi connectivity index (χ4n) is 7.39. The summed E-state index contributed by atoms with van der Waals surface area (Å²) in [7, 11) is 0. The Labute approximate surface area is 257 Å². The van der Waals surface area contributed by atoms with Gasteiger partial charge >= 0.3 is 252 Å². The number of nitrogens with zero attached hydrogens (tertiary/aromatic N) is 1. The van der Waals surface area contributed by atoms with E-state index >= 15 is 0 Å². The number of hydrogen-bond acceptors (Lipinski definition) is 1. The van der Waals surface area contributed by atoms with E-state index in [0.717, 1.165) is 5.69 Å². The molecular weight excluding hydrogens is 585 g/mol. The summed E-state index contributed by atoms with van der Waals surface area (Å²) >= 11 is 0.287. The van der Waals surface area contributed by atoms with Crippen LogP contribution in [0.5, 0.6) is 0 Å². The normalized spacial score (nSPS) is 13.5. The topological polar surface area (TPSA) is 3.24 Å². The Hall–Kier alpha value is -4.62. The van der Waals surface area contributed by atoms with Gasteiger partial charge in [0.1, 0.15) is 0 Å². The van der Waals surface area contributed by atoms with Gasteiger partial charge in [-0.2, -0.15) is 0 Å². The molecule has 204 valence electrons. The predicted molar refractivity (Wildman–Crippen MR) is 186 cm³/mol. The Morgan fingerprint density at radius 3 is 2.12 bits per heavy atom. The fraction of sp³-hybridized carbons (Fsp3) is 0.0732. The quantitative estimate of drug-likeness (QED) is 0.141. The van der Waals surface area contributed by atoms with Crippen molar-refractivity contribution in [3.8, 4) is 11.1 Å². The zero-order chi connectivity index (χ0) is 28.7. The molecule has 0 N–H and O–H groups in total. The summed E-state index contributed by atoms with van der Waals surface area (Å²) in [6, 6.07) is 51.9. The molecule has 9 rings (SSSR count). The summed E-state index contributed by atoms with van der Waals surface area (Å²) in [4.78, 5) is 2.45. The summed E-state index contributed by atoms with van der Waals surface area (Å²) in [6.45, 7) is 4.70. The molecule has 1 nitrogen and oxygen atoms in total. The second-order valence-electron chi connectivity index (χ2n) is 12.1. The molecule has 7 aromatic carbocycles. The molecule has 0 radical (unpaired) electrons. The molecule has 8 aromatic rings. The third kappa shape index (κ3) is 3.58. The molecule has 0 amide bonds. The second-order valence-corrected chi connectivity index (χ2v) is 14.4. The summed E-state index contributed by atoms with van der Waals surface area (Å²) in [5, 5.41) is 8.14. The Morgan fingerprint density at radius 1 is 0.512 bits per heavy atom. The fourth-order valence-corrected chi connectivity index (χ4v) is 10.1. The molecule has 0 saturated carbocycles. The van der Waals surface area contributed by atoms with Crippen LogP contribution in [0, 0.1) is 0 Å². The minimum atomic E-state index is -0.0138. The van der Waals surface area contributed by atoms with Crippen molar-refractivity contribution in [2.24, 2.45) is 0 Å². The van der Waals surface area contributed by atoms with Gasteiger partial charge in [-0.3, -0.25) is 0 Å². The zero-order valence-corrected chi connectivity index (χ0v) is 25.8. The molecule has 0 fully saturated rings. The van der Waals surface area contributed by atoms with E-state index in [1.54, 1.807) is 0 Å². The minimum absolute atomic E-state index is 0.0138. The van der Waals surface area contributed by atoms with E-state index in [2.05, 4.69) is 158 Å². The van der Waals surface area contributed by atoms with Crippen LogP contribution in [0.15, 0.2) is 140 Å². The monoisotopic (exact) mass is 615 g/mol. The summed E-state index contributed by atoms with van der Waals surface area (Å²) in [5.74, 6) is 0. The maximum absolute atomic E-state index is 2.45. The van der Waals surface area contributed by atoms with E-state index in [0.29, 0.717) is 0 Å². The van der Waals surface area contributed by atoms with Crippen LogP contribution in [0.4, 0.5) is 17.1 Å². The van der Waals surface area contributed by atoms with E-state index in [1.165, 1.54) is 74.5 Å². The SMILES string of the molecule is CC1(C)c2ccccc2-c2cc(N(c3ccccc3)c3cccc4c3ccc3ccc5c6ccccc6[se]c5c34)ccc21. The number of anilines is 3. The van der Waals surface area contributed by atoms with Crippen LogP contribution in [0.3, 0.4) is 0 Å². The van der Waals surface area contributed by atoms with Crippen LogP contribution in [-0.4, -0.2) is 14.5 Å². The van der Waals surface area contributed by atoms with Gasteiger partial charge in [0.05, 0.1) is 0 Å². The van der Waals surface area contributed by atoms with Gasteiger partial charge in [-0.05, 0) is 0 Å². The molecule has 0 atom stereocenters. The van der Waals surface area contributed by atoms with Gasteiger partial charge in [0.25, 0.3) is 0 Å². The molecule has 1 aliphatic rings. The third-order valence-corrected chi connectivity index (χ3v) is 12.0. The number of rotatable bonds is 3. The molecule has 0 aliphatic heterocycles. The van der Waals surface area contributed by atoms with Crippen LogP contribution in [0.25, 0.3) is 52.0 Å². The number of fused-ring (bicyclic) bond motifs is 10. The van der Waals surface area contributed by atoms with Crippen molar-refractivity contribution in [1.82, 2.24) is 0 Å². The Kier molecular flexibility index (Phi) is 5.33. The van der Waals surface area contributed by atoms with Gasteiger partial charge in [0.2, 0.25) is 0 Å². The first-order valence-corrected chi connectivity index (χ1v) is 16.7. The third-order valence-electron chi connectivity index (χ3n) is 9.44. The first-order chi connectivity index (χ1) is 21.1. The standard InChI is InChI=1S/C41H29NSe/c1-41(2)35-16-8-6-13-29(35)34-25-28(21-24-36(34)41)42(27-11-4-3-5-12-27)37-17-10-15-32-30(37)22-19-26-20-23-33-31-14-7-9-18-38(31)43-40(33)39(26)32/h3-25H,1-2H3. The van der Waals surface area contributed by atoms with Crippen LogP contribution in [0.1, 0.15) is 25.0 Å². The number of para-hydroxylation sites is 1. The van der Waals surface area contributed by atoms with E-state index in [4.69, 9.17) is 0 Å². The van der Waals surface area contributed by atoms with Gasteiger partial charge in [0, 0.05) is 0 Å². The van der Waals surface area contributed by atoms with Crippen LogP contribution >= 0.6 is 0 Å². The van der Waals surface area contributed by atoms with Gasteiger partial charge in [0.15, 0.2) is 0 Å². The predicted octanol–water partition coefficient (Wildman–Crippen LogP) is 11.1. The molecule has 0 saturated heterocycles. The summed E-state index contributed by atoms with van der Waals surface area (Å²) in [6.07, 6.45) is 0. The van der Waals surface area contributed by atoms with Crippen LogP contribution in [0.2, 0.25) is 0 Å². The van der Waals surface area contributed by atoms with Crippen molar-refractivity contribution >= 4 is 72.4 Å². The van der Waals surface area contributed by atoms with Crippen molar-refractivity contribution in [3.05, 3.63) is 151 Å². The van der Waals surface area contributed by atoms with E-state index in [9.17, 15) is 0 Å². The first-order valence-electron chi connectivity index (χ1n) is 14.9. The molecule has 1 aromatic heterocycles. The van der Waals surface area contributed by atoms with E-state index in [1.807, 2.05) is 0 Å². The molecule has 0 unspecified atom stereocenters. The Bertz CT molecular complexity index is 2380. The summed E-state index contributed by atoms with van der Waals surface area (Å²) < 4.78 is 2.99. The van der Waals surface area contributed by atoms with Crippen molar-refractivity contribution < 1.29 is 0 Å². The van der Waals surface area contributed by atoms with Gasteiger partial charge in [-0.25, -0.2) is 0 Å². The van der Waals surface area contributed by atoms with E-state index in [-0.39, 0.29) is 19.9 Å². The number of benzene rings is 7. The van der Waals surface area contributed by atoms with Crippen LogP contribution < -0.4 is 4.90 Å². The van der Waals surface area contributed by atoms with Gasteiger partial charge in [-0.15, -0.1) is 0 Å². The van der Waals surface area contributed by atoms with Crippen molar-refractivity contribution in [1.29, 1.82) is 0 Å². The molecule has 1 heterocycles. The van der Waals surface area contributed by atoms with Gasteiger partial charge < -0.3 is 0 Å². The first kappa shape index (κ1) is 24.9. The molecule has 43 heavy (non-hydrogen) atoms. The Morgan fingerprint density at radius 2 is 1.23 bits per heavy atom. The zero-order valence-electron chi connectivity index (χ0n) is 24.1. The van der Waals surface area contributed by atoms with Gasteiger partial charge in [-0.1, -0.05) is 6.07 Å². The van der Waals surface area contributed by atoms with E-state index < -0.39 is 0 Å². The van der Waals surface area contributed by atoms with Crippen molar-refractivity contribution in [3.63, 3.8) is 0 Å². The Balaban J connectivity index is 1.33. The maximum atomic E-state index is 2.45. The molecule has 0 spiro atoms. The summed E-state index contributed by atoms with van der Waals surface area (Å²) in [5.41, 5.74) is 9.02. The average molecular weight is 615 g/mol. The average Bonchev–Trinajstić information content (AvgIpc) is 3.54. The van der Waals surface area contributed by atoms with Crippen molar-refractivity contribution in [2.75, 3.05) is 4.90 Å². The second kappa shape index (κ2) is 9.19. The van der Waals surface area contributed by atoms with Crippen LogP contribution in [-0.2, 0) is 5.41 Å². The molecule has 2 heteroatoms. The molecule has 0 bridgehead atoms.